The van der Waals surface area contributed by atoms with E-state index >= 15 is 0 Å². The molecule has 0 aromatic heterocycles. The van der Waals surface area contributed by atoms with Crippen LogP contribution in [-0.4, -0.2) is 110 Å². The van der Waals surface area contributed by atoms with Gasteiger partial charge in [0.05, 0.1) is 25.4 Å². The molecule has 1 heterocycles. The van der Waals surface area contributed by atoms with E-state index in [0.29, 0.717) is 19.3 Å². The van der Waals surface area contributed by atoms with Gasteiger partial charge in [-0.15, -0.1) is 0 Å². The third-order valence-corrected chi connectivity index (χ3v) is 14.7. The van der Waals surface area contributed by atoms with Gasteiger partial charge in [0.2, 0.25) is 5.91 Å². The Labute approximate surface area is 441 Å². The third-order valence-electron chi connectivity index (χ3n) is 14.7. The predicted molar refractivity (Wildman–Crippen MR) is 298 cm³/mol. The Kier molecular flexibility index (Phi) is 47.6. The molecule has 0 spiro atoms. The second-order valence-corrected chi connectivity index (χ2v) is 21.4. The van der Waals surface area contributed by atoms with E-state index in [9.17, 15) is 40.5 Å². The van der Waals surface area contributed by atoms with E-state index in [1.165, 1.54) is 186 Å². The summed E-state index contributed by atoms with van der Waals surface area (Å²) in [4.78, 5) is 13.2. The van der Waals surface area contributed by atoms with Crippen molar-refractivity contribution >= 4 is 5.91 Å². The number of carbonyl (C=O) groups excluding carboxylic acids is 1. The Morgan fingerprint density at radius 1 is 0.472 bits per heavy atom. The maximum Gasteiger partial charge on any atom is 0.249 e. The van der Waals surface area contributed by atoms with Crippen molar-refractivity contribution in [3.05, 3.63) is 36.5 Å². The van der Waals surface area contributed by atoms with Crippen LogP contribution in [0.2, 0.25) is 0 Å². The number of ether oxygens (including phenoxy) is 2. The summed E-state index contributed by atoms with van der Waals surface area (Å²) in [5.41, 5.74) is 0. The van der Waals surface area contributed by atoms with Crippen molar-refractivity contribution in [3.8, 4) is 0 Å². The zero-order valence-electron chi connectivity index (χ0n) is 46.4. The molecule has 0 bridgehead atoms. The molecule has 9 unspecified atom stereocenters. The van der Waals surface area contributed by atoms with E-state index in [2.05, 4.69) is 55.6 Å². The first-order chi connectivity index (χ1) is 35.2. The van der Waals surface area contributed by atoms with Crippen LogP contribution in [0.4, 0.5) is 0 Å². The highest BCUT2D eigenvalue weighted by atomic mass is 16.7. The molecule has 0 radical (unpaired) electrons. The number of hydrogen-bond donors (Lipinski definition) is 8. The van der Waals surface area contributed by atoms with Crippen molar-refractivity contribution in [2.24, 2.45) is 0 Å². The molecule has 1 rings (SSSR count). The van der Waals surface area contributed by atoms with E-state index < -0.39 is 74.2 Å². The molecule has 8 N–H and O–H groups in total. The zero-order chi connectivity index (χ0) is 52.5. The lowest BCUT2D eigenvalue weighted by Crippen LogP contribution is -2.60. The first-order valence-electron chi connectivity index (χ1n) is 30.4. The van der Waals surface area contributed by atoms with Gasteiger partial charge in [-0.3, -0.25) is 4.79 Å². The summed E-state index contributed by atoms with van der Waals surface area (Å²) >= 11 is 0. The van der Waals surface area contributed by atoms with Crippen LogP contribution in [0, 0.1) is 0 Å². The zero-order valence-corrected chi connectivity index (χ0v) is 46.4. The molecule has 1 fully saturated rings. The van der Waals surface area contributed by atoms with Gasteiger partial charge in [0.15, 0.2) is 6.29 Å². The highest BCUT2D eigenvalue weighted by molar-refractivity contribution is 5.80. The van der Waals surface area contributed by atoms with Crippen molar-refractivity contribution in [2.45, 2.75) is 332 Å². The summed E-state index contributed by atoms with van der Waals surface area (Å²) in [6.45, 7) is 3.47. The molecule has 0 aromatic rings. The molecule has 72 heavy (non-hydrogen) atoms. The van der Waals surface area contributed by atoms with Crippen molar-refractivity contribution in [3.63, 3.8) is 0 Å². The van der Waals surface area contributed by atoms with Crippen LogP contribution >= 0.6 is 0 Å². The predicted octanol–water partition coefficient (Wildman–Crippen LogP) is 13.1. The molecule has 0 aromatic carbocycles. The number of aliphatic hydroxyl groups excluding tert-OH is 7. The van der Waals surface area contributed by atoms with Crippen LogP contribution in [0.3, 0.4) is 0 Å². The summed E-state index contributed by atoms with van der Waals surface area (Å²) in [6, 6.07) is -1.19. The normalized spacial score (nSPS) is 20.3. The molecular weight excluding hydrogens is 907 g/mol. The minimum absolute atomic E-state index is 0.243. The van der Waals surface area contributed by atoms with Gasteiger partial charge in [0.25, 0.3) is 0 Å². The minimum atomic E-state index is -1.67. The maximum absolute atomic E-state index is 13.2. The van der Waals surface area contributed by atoms with Gasteiger partial charge >= 0.3 is 0 Å². The van der Waals surface area contributed by atoms with E-state index in [1.54, 1.807) is 0 Å². The summed E-state index contributed by atoms with van der Waals surface area (Å²) in [5.74, 6) is -0.709. The Balaban J connectivity index is 2.33. The first kappa shape index (κ1) is 68.3. The highest BCUT2D eigenvalue weighted by Gasteiger charge is 2.44. The molecule has 0 aliphatic carbocycles. The summed E-state index contributed by atoms with van der Waals surface area (Å²) in [7, 11) is 0. The van der Waals surface area contributed by atoms with Gasteiger partial charge < -0.3 is 50.5 Å². The van der Waals surface area contributed by atoms with Crippen molar-refractivity contribution in [1.29, 1.82) is 0 Å². The first-order valence-corrected chi connectivity index (χ1v) is 30.4. The molecule has 1 aliphatic rings. The number of carbonyl (C=O) groups is 1. The monoisotopic (exact) mass is 1020 g/mol. The van der Waals surface area contributed by atoms with Gasteiger partial charge in [-0.25, -0.2) is 0 Å². The quantitative estimate of drug-likeness (QED) is 0.0215. The van der Waals surface area contributed by atoms with Crippen LogP contribution < -0.4 is 5.32 Å². The highest BCUT2D eigenvalue weighted by Crippen LogP contribution is 2.23. The third kappa shape index (κ3) is 38.0. The van der Waals surface area contributed by atoms with E-state index in [-0.39, 0.29) is 12.8 Å². The fourth-order valence-electron chi connectivity index (χ4n) is 9.71. The summed E-state index contributed by atoms with van der Waals surface area (Å²) in [5, 5.41) is 76.2. The number of unbranched alkanes of at least 4 members (excludes halogenated alkanes) is 34. The molecule has 1 amide bonds. The SMILES string of the molecule is CCCCCCCCCCCCCCC/C=C/CC/C=C/CC/C=C/CCCC(O)C(O)C(COC1OC(CO)C(O)C(O)C1O)NC(=O)C(O)CCCCCCCCCCCCCCCCCCCCC. The fourth-order valence-corrected chi connectivity index (χ4v) is 9.71. The van der Waals surface area contributed by atoms with E-state index in [0.717, 1.165) is 44.9 Å². The largest absolute Gasteiger partial charge is 0.394 e. The molecule has 424 valence electrons. The average molecular weight is 1020 g/mol. The maximum atomic E-state index is 13.2. The van der Waals surface area contributed by atoms with Gasteiger partial charge in [-0.05, 0) is 64.2 Å². The molecule has 0 saturated carbocycles. The van der Waals surface area contributed by atoms with Gasteiger partial charge in [-0.2, -0.15) is 0 Å². The van der Waals surface area contributed by atoms with Crippen LogP contribution in [0.25, 0.3) is 0 Å². The van der Waals surface area contributed by atoms with Gasteiger partial charge in [0, 0.05) is 0 Å². The molecule has 9 atom stereocenters. The standard InChI is InChI=1S/C61H115NO10/c1-3-5-7-9-11-13-15-17-19-21-23-24-25-26-27-28-29-31-32-34-36-38-40-42-44-46-48-53(64)56(66)52(51-71-61-59(69)58(68)57(67)55(50-63)72-61)62-60(70)54(65)49-47-45-43-41-39-37-35-33-30-22-20-18-16-14-12-10-8-6-4-2/h27-28,32,34,40,42,52-59,61,63-69H,3-26,29-31,33,35-39,41,43-51H2,1-2H3,(H,62,70)/b28-27+,34-32+,42-40+. The average Bonchev–Trinajstić information content (AvgIpc) is 3.38. The van der Waals surface area contributed by atoms with Crippen molar-refractivity contribution in [2.75, 3.05) is 13.2 Å². The lowest BCUT2D eigenvalue weighted by molar-refractivity contribution is -0.303. The molecule has 11 heteroatoms. The van der Waals surface area contributed by atoms with Gasteiger partial charge in [-0.1, -0.05) is 249 Å². The lowest BCUT2D eigenvalue weighted by Gasteiger charge is -2.40. The van der Waals surface area contributed by atoms with Crippen molar-refractivity contribution < 1.29 is 50.0 Å². The molecule has 11 nitrogen and oxygen atoms in total. The van der Waals surface area contributed by atoms with Crippen molar-refractivity contribution in [1.82, 2.24) is 5.32 Å². The Morgan fingerprint density at radius 3 is 1.24 bits per heavy atom. The minimum Gasteiger partial charge on any atom is -0.394 e. The van der Waals surface area contributed by atoms with Crippen LogP contribution in [0.15, 0.2) is 36.5 Å². The van der Waals surface area contributed by atoms with E-state index in [1.807, 2.05) is 0 Å². The van der Waals surface area contributed by atoms with Crippen LogP contribution in [0.1, 0.15) is 277 Å². The number of allylic oxidation sites excluding steroid dienone is 6. The Bertz CT molecular complexity index is 1260. The lowest BCUT2D eigenvalue weighted by atomic mass is 9.98. The number of hydrogen-bond acceptors (Lipinski definition) is 10. The molecule has 1 saturated heterocycles. The molecule has 1 aliphatic heterocycles. The van der Waals surface area contributed by atoms with E-state index in [4.69, 9.17) is 9.47 Å². The number of nitrogens with one attached hydrogen (secondary N) is 1. The summed E-state index contributed by atoms with van der Waals surface area (Å²) < 4.78 is 11.1. The Hall–Kier alpha value is -1.67. The fraction of sp³-hybridized carbons (Fsp3) is 0.885. The molecular formula is C61H115NO10. The summed E-state index contributed by atoms with van der Waals surface area (Å²) in [6.07, 6.45) is 50.6. The number of amides is 1. The van der Waals surface area contributed by atoms with Crippen LogP contribution in [-0.2, 0) is 14.3 Å². The Morgan fingerprint density at radius 2 is 0.833 bits per heavy atom. The number of rotatable bonds is 52. The smallest absolute Gasteiger partial charge is 0.249 e. The number of aliphatic hydroxyl groups is 7. The topological polar surface area (TPSA) is 189 Å². The second kappa shape index (κ2) is 50.2. The van der Waals surface area contributed by atoms with Crippen LogP contribution in [0.5, 0.6) is 0 Å². The second-order valence-electron chi connectivity index (χ2n) is 21.4. The van der Waals surface area contributed by atoms with Gasteiger partial charge in [0.1, 0.15) is 36.6 Å².